The summed E-state index contributed by atoms with van der Waals surface area (Å²) in [4.78, 5) is 0. The molecule has 76 valence electrons. The van der Waals surface area contributed by atoms with Gasteiger partial charge in [0.25, 0.3) is 0 Å². The van der Waals surface area contributed by atoms with Gasteiger partial charge in [-0.2, -0.15) is 0 Å². The average Bonchev–Trinajstić information content (AvgIpc) is 2.74. The first-order valence-corrected chi connectivity index (χ1v) is 6.35. The SMILES string of the molecule is CNS(=O)(=O)CC1CNCC12CC2. The fourth-order valence-electron chi connectivity index (χ4n) is 2.19. The molecule has 1 heterocycles. The number of nitrogens with one attached hydrogen (secondary N) is 2. The normalized spacial score (nSPS) is 31.0. The van der Waals surface area contributed by atoms with Crippen molar-refractivity contribution in [2.24, 2.45) is 11.3 Å². The molecule has 5 heteroatoms. The van der Waals surface area contributed by atoms with Crippen LogP contribution in [-0.2, 0) is 10.0 Å². The fraction of sp³-hybridized carbons (Fsp3) is 1.00. The first-order chi connectivity index (χ1) is 6.08. The van der Waals surface area contributed by atoms with Gasteiger partial charge in [0, 0.05) is 6.54 Å². The van der Waals surface area contributed by atoms with Crippen molar-refractivity contribution >= 4 is 10.0 Å². The molecule has 1 atom stereocenters. The summed E-state index contributed by atoms with van der Waals surface area (Å²) in [6, 6.07) is 0. The second-order valence-corrected chi connectivity index (χ2v) is 6.15. The molecule has 0 bridgehead atoms. The minimum atomic E-state index is -3.02. The van der Waals surface area contributed by atoms with Crippen LogP contribution in [0.4, 0.5) is 0 Å². The molecule has 0 aromatic heterocycles. The molecule has 0 aromatic carbocycles. The molecule has 4 nitrogen and oxygen atoms in total. The van der Waals surface area contributed by atoms with Crippen molar-refractivity contribution < 1.29 is 8.42 Å². The van der Waals surface area contributed by atoms with Crippen molar-refractivity contribution in [1.82, 2.24) is 10.0 Å². The third-order valence-electron chi connectivity index (χ3n) is 3.36. The number of hydrogen-bond donors (Lipinski definition) is 2. The maximum Gasteiger partial charge on any atom is 0.211 e. The van der Waals surface area contributed by atoms with Crippen LogP contribution in [0, 0.1) is 11.3 Å². The molecular formula is C8H16N2O2S. The summed E-state index contributed by atoms with van der Waals surface area (Å²) in [6.45, 7) is 1.87. The maximum atomic E-state index is 11.3. The summed E-state index contributed by atoms with van der Waals surface area (Å²) < 4.78 is 25.0. The van der Waals surface area contributed by atoms with Crippen LogP contribution < -0.4 is 10.0 Å². The summed E-state index contributed by atoms with van der Waals surface area (Å²) in [7, 11) is -1.54. The lowest BCUT2D eigenvalue weighted by molar-refractivity contribution is 0.428. The van der Waals surface area contributed by atoms with Crippen molar-refractivity contribution in [3.8, 4) is 0 Å². The zero-order valence-electron chi connectivity index (χ0n) is 7.84. The standard InChI is InChI=1S/C8H16N2O2S/c1-9-13(11,12)5-7-4-10-6-8(7)2-3-8/h7,9-10H,2-6H2,1H3. The minimum absolute atomic E-state index is 0.288. The highest BCUT2D eigenvalue weighted by atomic mass is 32.2. The summed E-state index contributed by atoms with van der Waals surface area (Å²) in [5, 5.41) is 3.28. The van der Waals surface area contributed by atoms with Crippen LogP contribution in [0.1, 0.15) is 12.8 Å². The highest BCUT2D eigenvalue weighted by molar-refractivity contribution is 7.89. The number of rotatable bonds is 3. The highest BCUT2D eigenvalue weighted by Gasteiger charge is 2.52. The first kappa shape index (κ1) is 9.43. The molecule has 2 N–H and O–H groups in total. The van der Waals surface area contributed by atoms with E-state index >= 15 is 0 Å². The van der Waals surface area contributed by atoms with Gasteiger partial charge in [0.15, 0.2) is 0 Å². The molecule has 13 heavy (non-hydrogen) atoms. The lowest BCUT2D eigenvalue weighted by Crippen LogP contribution is -2.30. The minimum Gasteiger partial charge on any atom is -0.316 e. The molecule has 1 saturated carbocycles. The van der Waals surface area contributed by atoms with Gasteiger partial charge in [-0.15, -0.1) is 0 Å². The largest absolute Gasteiger partial charge is 0.316 e. The van der Waals surface area contributed by atoms with Crippen LogP contribution in [-0.4, -0.2) is 34.3 Å². The van der Waals surface area contributed by atoms with Crippen LogP contribution in [0.15, 0.2) is 0 Å². The Balaban J connectivity index is 2.03. The smallest absolute Gasteiger partial charge is 0.211 e. The molecule has 2 aliphatic rings. The molecular weight excluding hydrogens is 188 g/mol. The van der Waals surface area contributed by atoms with Gasteiger partial charge in [0.05, 0.1) is 5.75 Å². The molecule has 0 aromatic rings. The van der Waals surface area contributed by atoms with E-state index in [4.69, 9.17) is 0 Å². The van der Waals surface area contributed by atoms with Crippen molar-refractivity contribution in [2.45, 2.75) is 12.8 Å². The van der Waals surface area contributed by atoms with Gasteiger partial charge in [0.1, 0.15) is 0 Å². The molecule has 1 aliphatic carbocycles. The van der Waals surface area contributed by atoms with Crippen LogP contribution in [0.2, 0.25) is 0 Å². The van der Waals surface area contributed by atoms with Crippen molar-refractivity contribution in [3.05, 3.63) is 0 Å². The van der Waals surface area contributed by atoms with Gasteiger partial charge in [-0.1, -0.05) is 0 Å². The van der Waals surface area contributed by atoms with Crippen LogP contribution in [0.3, 0.4) is 0 Å². The Labute approximate surface area is 79.1 Å². The fourth-order valence-corrected chi connectivity index (χ4v) is 3.35. The van der Waals surface area contributed by atoms with Gasteiger partial charge in [-0.3, -0.25) is 0 Å². The van der Waals surface area contributed by atoms with E-state index in [1.807, 2.05) is 0 Å². The van der Waals surface area contributed by atoms with Crippen LogP contribution in [0.5, 0.6) is 0 Å². The second-order valence-electron chi connectivity index (χ2n) is 4.18. The Morgan fingerprint density at radius 3 is 2.77 bits per heavy atom. The number of sulfonamides is 1. The third kappa shape index (κ3) is 1.73. The van der Waals surface area contributed by atoms with E-state index in [2.05, 4.69) is 10.0 Å². The predicted molar refractivity (Wildman–Crippen MR) is 50.9 cm³/mol. The molecule has 1 unspecified atom stereocenters. The lowest BCUT2D eigenvalue weighted by Gasteiger charge is -2.16. The van der Waals surface area contributed by atoms with E-state index in [1.54, 1.807) is 0 Å². The molecule has 2 rings (SSSR count). The second kappa shape index (κ2) is 2.93. The van der Waals surface area contributed by atoms with E-state index in [9.17, 15) is 8.42 Å². The molecule has 1 spiro atoms. The van der Waals surface area contributed by atoms with E-state index < -0.39 is 10.0 Å². The summed E-state index contributed by atoms with van der Waals surface area (Å²) in [5.41, 5.74) is 0.337. The van der Waals surface area contributed by atoms with Crippen molar-refractivity contribution in [1.29, 1.82) is 0 Å². The highest BCUT2D eigenvalue weighted by Crippen LogP contribution is 2.54. The Bertz CT molecular complexity index is 295. The van der Waals surface area contributed by atoms with Gasteiger partial charge >= 0.3 is 0 Å². The Hall–Kier alpha value is -0.130. The van der Waals surface area contributed by atoms with E-state index in [1.165, 1.54) is 19.9 Å². The molecule has 1 saturated heterocycles. The first-order valence-electron chi connectivity index (χ1n) is 4.70. The van der Waals surface area contributed by atoms with Gasteiger partial charge in [0.2, 0.25) is 10.0 Å². The zero-order valence-corrected chi connectivity index (χ0v) is 8.65. The topological polar surface area (TPSA) is 58.2 Å². The third-order valence-corrected chi connectivity index (χ3v) is 4.82. The Kier molecular flexibility index (Phi) is 2.13. The maximum absolute atomic E-state index is 11.3. The van der Waals surface area contributed by atoms with Crippen LogP contribution in [0.25, 0.3) is 0 Å². The molecule has 0 radical (unpaired) electrons. The van der Waals surface area contributed by atoms with Gasteiger partial charge < -0.3 is 5.32 Å². The molecule has 0 amide bonds. The number of hydrogen-bond acceptors (Lipinski definition) is 3. The summed E-state index contributed by atoms with van der Waals surface area (Å²) >= 11 is 0. The summed E-state index contributed by atoms with van der Waals surface area (Å²) in [5.74, 6) is 0.612. The molecule has 1 aliphatic heterocycles. The van der Waals surface area contributed by atoms with Crippen molar-refractivity contribution in [3.63, 3.8) is 0 Å². The van der Waals surface area contributed by atoms with E-state index in [-0.39, 0.29) is 5.75 Å². The summed E-state index contributed by atoms with van der Waals surface area (Å²) in [6.07, 6.45) is 2.40. The Morgan fingerprint density at radius 1 is 1.54 bits per heavy atom. The van der Waals surface area contributed by atoms with E-state index in [0.29, 0.717) is 11.3 Å². The average molecular weight is 204 g/mol. The van der Waals surface area contributed by atoms with Crippen molar-refractivity contribution in [2.75, 3.05) is 25.9 Å². The quantitative estimate of drug-likeness (QED) is 0.654. The molecule has 2 fully saturated rings. The Morgan fingerprint density at radius 2 is 2.23 bits per heavy atom. The lowest BCUT2D eigenvalue weighted by atomic mass is 9.95. The predicted octanol–water partition coefficient (Wildman–Crippen LogP) is -0.465. The zero-order chi connectivity index (χ0) is 9.53. The van der Waals surface area contributed by atoms with Gasteiger partial charge in [-0.25, -0.2) is 13.1 Å². The van der Waals surface area contributed by atoms with Gasteiger partial charge in [-0.05, 0) is 37.8 Å². The monoisotopic (exact) mass is 204 g/mol. The van der Waals surface area contributed by atoms with E-state index in [0.717, 1.165) is 13.1 Å². The van der Waals surface area contributed by atoms with Crippen LogP contribution >= 0.6 is 0 Å².